The van der Waals surface area contributed by atoms with E-state index in [1.807, 2.05) is 42.6 Å². The summed E-state index contributed by atoms with van der Waals surface area (Å²) in [6.45, 7) is 1.62. The molecule has 5 rings (SSSR count). The summed E-state index contributed by atoms with van der Waals surface area (Å²) >= 11 is 0. The van der Waals surface area contributed by atoms with Crippen LogP contribution in [-0.4, -0.2) is 34.5 Å². The van der Waals surface area contributed by atoms with Crippen molar-refractivity contribution in [1.82, 2.24) is 14.5 Å². The number of halogens is 5. The first-order valence-corrected chi connectivity index (χ1v) is 11.7. The lowest BCUT2D eigenvalue weighted by molar-refractivity contribution is -0.274. The highest BCUT2D eigenvalue weighted by molar-refractivity contribution is 5.85. The van der Waals surface area contributed by atoms with E-state index >= 15 is 0 Å². The zero-order chi connectivity index (χ0) is 25.1. The molecule has 38 heavy (non-hydrogen) atoms. The van der Waals surface area contributed by atoms with E-state index in [1.54, 1.807) is 6.20 Å². The molecular formula is C28H28Cl2F3N3O2. The van der Waals surface area contributed by atoms with E-state index in [0.717, 1.165) is 5.82 Å². The van der Waals surface area contributed by atoms with Gasteiger partial charge in [-0.25, -0.2) is 4.98 Å². The maximum absolute atomic E-state index is 12.8. The minimum Gasteiger partial charge on any atom is -0.496 e. The Morgan fingerprint density at radius 3 is 2.16 bits per heavy atom. The molecule has 0 saturated carbocycles. The number of fused-ring (bicyclic) bond motifs is 1. The molecule has 10 heteroatoms. The third-order valence-electron chi connectivity index (χ3n) is 6.50. The standard InChI is InChI=1S/C28H26F3N3O2.2ClH/c1-35-25-13-12-23(36-28(29,30)31)16-22(25)17-33-18-24(34-15-14-32-26(34)19-33)27(20-8-4-2-5-9-20)21-10-6-3-7-11-21;;/h2-16,24,27H,17-19H2,1H3;2*1H. The molecule has 1 unspecified atom stereocenters. The van der Waals surface area contributed by atoms with Crippen molar-refractivity contribution in [1.29, 1.82) is 0 Å². The SMILES string of the molecule is COc1ccc(OC(F)(F)F)cc1CN1Cc2nccn2C(C(c2ccccc2)c2ccccc2)C1.Cl.Cl. The van der Waals surface area contributed by atoms with Gasteiger partial charge < -0.3 is 14.0 Å². The van der Waals surface area contributed by atoms with Crippen LogP contribution >= 0.6 is 24.8 Å². The van der Waals surface area contributed by atoms with Crippen molar-refractivity contribution < 1.29 is 22.6 Å². The summed E-state index contributed by atoms with van der Waals surface area (Å²) in [6.07, 6.45) is -0.947. The second-order valence-electron chi connectivity index (χ2n) is 8.81. The van der Waals surface area contributed by atoms with Crippen molar-refractivity contribution in [3.05, 3.63) is 114 Å². The van der Waals surface area contributed by atoms with Crippen LogP contribution in [0.25, 0.3) is 0 Å². The molecule has 3 aromatic carbocycles. The van der Waals surface area contributed by atoms with Gasteiger partial charge in [0.25, 0.3) is 0 Å². The molecule has 5 nitrogen and oxygen atoms in total. The first-order valence-electron chi connectivity index (χ1n) is 11.7. The molecule has 4 aromatic rings. The molecule has 1 aliphatic heterocycles. The lowest BCUT2D eigenvalue weighted by atomic mass is 9.84. The average molecular weight is 566 g/mol. The zero-order valence-electron chi connectivity index (χ0n) is 20.5. The van der Waals surface area contributed by atoms with Gasteiger partial charge in [-0.2, -0.15) is 0 Å². The molecule has 0 radical (unpaired) electrons. The number of hydrogen-bond acceptors (Lipinski definition) is 4. The lowest BCUT2D eigenvalue weighted by Crippen LogP contribution is -2.39. The number of ether oxygens (including phenoxy) is 2. The van der Waals surface area contributed by atoms with Crippen LogP contribution in [0.4, 0.5) is 13.2 Å². The van der Waals surface area contributed by atoms with Crippen LogP contribution in [0.1, 0.15) is 34.5 Å². The second-order valence-corrected chi connectivity index (χ2v) is 8.81. The number of rotatable bonds is 7. The number of benzene rings is 3. The molecule has 0 N–H and O–H groups in total. The van der Waals surface area contributed by atoms with E-state index in [0.29, 0.717) is 30.9 Å². The molecule has 1 aromatic heterocycles. The Kier molecular flexibility index (Phi) is 9.71. The number of aromatic nitrogens is 2. The van der Waals surface area contributed by atoms with Gasteiger partial charge in [0.2, 0.25) is 0 Å². The van der Waals surface area contributed by atoms with E-state index < -0.39 is 6.36 Å². The highest BCUT2D eigenvalue weighted by Crippen LogP contribution is 2.39. The van der Waals surface area contributed by atoms with Crippen molar-refractivity contribution in [2.75, 3.05) is 13.7 Å². The fraction of sp³-hybridized carbons (Fsp3) is 0.250. The first-order chi connectivity index (χ1) is 17.4. The van der Waals surface area contributed by atoms with Gasteiger partial charge in [-0.1, -0.05) is 60.7 Å². The van der Waals surface area contributed by atoms with E-state index in [1.165, 1.54) is 36.4 Å². The monoisotopic (exact) mass is 565 g/mol. The van der Waals surface area contributed by atoms with Crippen LogP contribution in [0.3, 0.4) is 0 Å². The summed E-state index contributed by atoms with van der Waals surface area (Å²) < 4.78 is 50.3. The molecule has 2 heterocycles. The Morgan fingerprint density at radius 2 is 1.58 bits per heavy atom. The molecule has 0 amide bonds. The van der Waals surface area contributed by atoms with Crippen LogP contribution in [0.2, 0.25) is 0 Å². The van der Waals surface area contributed by atoms with Crippen LogP contribution in [0.5, 0.6) is 11.5 Å². The minimum atomic E-state index is -4.76. The van der Waals surface area contributed by atoms with Gasteiger partial charge in [-0.05, 0) is 29.3 Å². The second kappa shape index (κ2) is 12.6. The normalized spacial score (nSPS) is 15.2. The number of alkyl halides is 3. The summed E-state index contributed by atoms with van der Waals surface area (Å²) in [5.41, 5.74) is 3.00. The Morgan fingerprint density at radius 1 is 0.947 bits per heavy atom. The quantitative estimate of drug-likeness (QED) is 0.241. The van der Waals surface area contributed by atoms with Gasteiger partial charge in [0.1, 0.15) is 17.3 Å². The van der Waals surface area contributed by atoms with Gasteiger partial charge in [0, 0.05) is 37.0 Å². The van der Waals surface area contributed by atoms with Gasteiger partial charge in [0.15, 0.2) is 0 Å². The highest BCUT2D eigenvalue weighted by Gasteiger charge is 2.34. The average Bonchev–Trinajstić information content (AvgIpc) is 3.34. The summed E-state index contributed by atoms with van der Waals surface area (Å²) in [7, 11) is 1.51. The highest BCUT2D eigenvalue weighted by atomic mass is 35.5. The maximum atomic E-state index is 12.8. The largest absolute Gasteiger partial charge is 0.573 e. The van der Waals surface area contributed by atoms with Gasteiger partial charge in [0.05, 0.1) is 19.7 Å². The maximum Gasteiger partial charge on any atom is 0.573 e. The Hall–Kier alpha value is -3.20. The van der Waals surface area contributed by atoms with Crippen molar-refractivity contribution in [2.45, 2.75) is 31.4 Å². The van der Waals surface area contributed by atoms with E-state index in [2.05, 4.69) is 43.5 Å². The van der Waals surface area contributed by atoms with Crippen molar-refractivity contribution >= 4 is 24.8 Å². The topological polar surface area (TPSA) is 39.5 Å². The summed E-state index contributed by atoms with van der Waals surface area (Å²) in [5, 5.41) is 0. The number of imidazole rings is 1. The molecular weight excluding hydrogens is 538 g/mol. The fourth-order valence-corrected chi connectivity index (χ4v) is 5.05. The predicted molar refractivity (Wildman–Crippen MR) is 144 cm³/mol. The van der Waals surface area contributed by atoms with E-state index in [-0.39, 0.29) is 42.5 Å². The minimum absolute atomic E-state index is 0. The molecule has 0 spiro atoms. The molecule has 202 valence electrons. The zero-order valence-corrected chi connectivity index (χ0v) is 22.2. The fourth-order valence-electron chi connectivity index (χ4n) is 5.05. The third-order valence-corrected chi connectivity index (χ3v) is 6.50. The first kappa shape index (κ1) is 29.4. The number of nitrogens with zero attached hydrogens (tertiary/aromatic N) is 3. The Labute approximate surface area is 232 Å². The lowest BCUT2D eigenvalue weighted by Gasteiger charge is -2.39. The molecule has 0 bridgehead atoms. The molecule has 1 atom stereocenters. The Balaban J connectivity index is 0.00000200. The van der Waals surface area contributed by atoms with Crippen LogP contribution in [-0.2, 0) is 13.1 Å². The summed E-state index contributed by atoms with van der Waals surface area (Å²) in [5.74, 6) is 1.21. The van der Waals surface area contributed by atoms with Gasteiger partial charge in [-0.3, -0.25) is 4.90 Å². The Bertz CT molecular complexity index is 1260. The van der Waals surface area contributed by atoms with Crippen molar-refractivity contribution in [3.8, 4) is 11.5 Å². The smallest absolute Gasteiger partial charge is 0.496 e. The van der Waals surface area contributed by atoms with Crippen LogP contribution < -0.4 is 9.47 Å². The number of methoxy groups -OCH3 is 1. The molecule has 0 aliphatic carbocycles. The molecule has 0 saturated heterocycles. The third kappa shape index (κ3) is 6.62. The number of hydrogen-bond donors (Lipinski definition) is 0. The van der Waals surface area contributed by atoms with E-state index in [9.17, 15) is 13.2 Å². The van der Waals surface area contributed by atoms with Gasteiger partial charge in [-0.15, -0.1) is 38.0 Å². The van der Waals surface area contributed by atoms with Crippen molar-refractivity contribution in [3.63, 3.8) is 0 Å². The predicted octanol–water partition coefficient (Wildman–Crippen LogP) is 7.02. The summed E-state index contributed by atoms with van der Waals surface area (Å²) in [6, 6.07) is 24.9. The van der Waals surface area contributed by atoms with Gasteiger partial charge >= 0.3 is 6.36 Å². The van der Waals surface area contributed by atoms with Crippen LogP contribution in [0.15, 0.2) is 91.3 Å². The van der Waals surface area contributed by atoms with Crippen molar-refractivity contribution in [2.24, 2.45) is 0 Å². The van der Waals surface area contributed by atoms with E-state index in [4.69, 9.17) is 4.74 Å². The molecule has 0 fully saturated rings. The summed E-state index contributed by atoms with van der Waals surface area (Å²) in [4.78, 5) is 6.79. The van der Waals surface area contributed by atoms with Crippen LogP contribution in [0, 0.1) is 0 Å². The molecule has 1 aliphatic rings.